The third-order valence-corrected chi connectivity index (χ3v) is 11.2. The fourth-order valence-electron chi connectivity index (χ4n) is 7.32. The second-order valence-electron chi connectivity index (χ2n) is 15.7. The van der Waals surface area contributed by atoms with Crippen LogP contribution in [0.5, 0.6) is 5.75 Å². The van der Waals surface area contributed by atoms with Gasteiger partial charge in [0, 0.05) is 5.56 Å². The molecule has 0 aliphatic rings. The van der Waals surface area contributed by atoms with Gasteiger partial charge in [0.2, 0.25) is 5.78 Å². The molecule has 0 aromatic heterocycles. The summed E-state index contributed by atoms with van der Waals surface area (Å²) >= 11 is 0. The molecule has 28 heteroatoms. The first-order valence-corrected chi connectivity index (χ1v) is 21.8. The lowest BCUT2D eigenvalue weighted by Crippen LogP contribution is -2.75. The monoisotopic (exact) mass is 1090 g/mol. The van der Waals surface area contributed by atoms with Gasteiger partial charge in [-0.15, -0.1) is 0 Å². The van der Waals surface area contributed by atoms with Crippen LogP contribution in [0.25, 0.3) is 0 Å². The lowest BCUT2D eigenvalue weighted by molar-refractivity contribution is -0.144. The summed E-state index contributed by atoms with van der Waals surface area (Å²) in [6, 6.07) is -1.45. The van der Waals surface area contributed by atoms with Crippen molar-refractivity contribution in [2.75, 3.05) is 24.9 Å². The Hall–Kier alpha value is -5.70. The molecular weight excluding hydrogens is 1060 g/mol. The van der Waals surface area contributed by atoms with Crippen molar-refractivity contribution in [3.63, 3.8) is 0 Å². The number of rotatable bonds is 9. The third-order valence-electron chi connectivity index (χ3n) is 10.3. The molecule has 0 aliphatic carbocycles. The Bertz CT molecular complexity index is 2280. The second kappa shape index (κ2) is 20.3. The fraction of sp³-hybridized carbons (Fsp3) is 0.295. The highest BCUT2D eigenvalue weighted by Gasteiger charge is 2.47. The van der Waals surface area contributed by atoms with Crippen molar-refractivity contribution in [3.8, 4) is 5.75 Å². The Morgan fingerprint density at radius 1 is 0.389 bits per heavy atom. The average Bonchev–Trinajstić information content (AvgIpc) is 3.21. The number of hydrogen-bond acceptors (Lipinski definition) is 2. The van der Waals surface area contributed by atoms with Crippen LogP contribution in [-0.4, -0.2) is 36.8 Å². The molecule has 0 bridgehead atoms. The normalized spacial score (nSPS) is 13.5. The van der Waals surface area contributed by atoms with Crippen molar-refractivity contribution >= 4 is 44.7 Å². The molecule has 0 spiro atoms. The minimum absolute atomic E-state index is 0.164. The van der Waals surface area contributed by atoms with Crippen molar-refractivity contribution < 1.29 is 115 Å². The van der Waals surface area contributed by atoms with Gasteiger partial charge in [0.15, 0.2) is 5.75 Å². The summed E-state index contributed by atoms with van der Waals surface area (Å²) in [7, 11) is 0.164. The molecule has 72 heavy (non-hydrogen) atoms. The van der Waals surface area contributed by atoms with Crippen LogP contribution >= 0.6 is 0 Å². The van der Waals surface area contributed by atoms with Gasteiger partial charge in [-0.05, 0) is 66.3 Å². The SMILES string of the molecule is CCOc1ccc(C(=O)C[S+](C)C)cc1.FC(F)(F)c1cc([B-](c2cc(C(F)(F)F)cc(C(F)(F)F)c2)(c2cc(C(F)(F)F)cc(C(F)(F)F)c2)c2cc(C(F)(F)F)cc(C(F)(F)F)c2)cc(C(F)(F)F)c1. The molecule has 0 saturated heterocycles. The second-order valence-corrected chi connectivity index (χ2v) is 18.0. The number of Topliss-reactive ketones (excluding diaryl/α,β-unsaturated/α-hetero) is 1. The maximum Gasteiger partial charge on any atom is 0.416 e. The van der Waals surface area contributed by atoms with Crippen molar-refractivity contribution in [1.29, 1.82) is 0 Å². The van der Waals surface area contributed by atoms with E-state index in [-0.39, 0.29) is 16.7 Å². The highest BCUT2D eigenvalue weighted by molar-refractivity contribution is 7.96. The van der Waals surface area contributed by atoms with Crippen LogP contribution < -0.4 is 26.6 Å². The highest BCUT2D eigenvalue weighted by atomic mass is 32.2. The van der Waals surface area contributed by atoms with Crippen LogP contribution in [0.2, 0.25) is 0 Å². The number of hydrogen-bond donors (Lipinski definition) is 0. The van der Waals surface area contributed by atoms with Gasteiger partial charge >= 0.3 is 49.4 Å². The Labute approximate surface area is 393 Å². The molecule has 0 unspecified atom stereocenters. The molecule has 0 fully saturated rings. The molecule has 5 aromatic rings. The maximum atomic E-state index is 14.2. The number of ether oxygens (including phenoxy) is 1. The molecule has 5 aromatic carbocycles. The molecule has 0 N–H and O–H groups in total. The molecule has 0 heterocycles. The first-order chi connectivity index (χ1) is 32.4. The van der Waals surface area contributed by atoms with E-state index in [4.69, 9.17) is 4.74 Å². The van der Waals surface area contributed by atoms with Gasteiger partial charge < -0.3 is 4.74 Å². The standard InChI is InChI=1S/C32H12BF24.C12H17O2S/c34-25(35,36)13-1-14(26(37,38)39)6-21(5-13)33(22-7-15(27(40,41)42)2-16(8-22)28(43,44)45,23-9-17(29(46,47)48)3-18(10-23)30(49,50)51)24-11-19(31(52,53)54)4-20(12-24)32(55,56)57;1-4-14-11-7-5-10(6-8-11)12(13)9-15(2)3/h1-12H;5-8H,4,9H2,1-3H3/q-1;+1. The van der Waals surface area contributed by atoms with Crippen LogP contribution in [-0.2, 0) is 60.3 Å². The number of benzene rings is 5. The third kappa shape index (κ3) is 14.1. The van der Waals surface area contributed by atoms with E-state index in [0.717, 1.165) is 11.3 Å². The molecule has 5 rings (SSSR count). The maximum absolute atomic E-state index is 14.2. The predicted octanol–water partition coefficient (Wildman–Crippen LogP) is 13.4. The smallest absolute Gasteiger partial charge is 0.416 e. The molecule has 0 radical (unpaired) electrons. The van der Waals surface area contributed by atoms with Crippen molar-refractivity contribution in [2.45, 2.75) is 56.3 Å². The van der Waals surface area contributed by atoms with E-state index in [1.165, 1.54) is 0 Å². The van der Waals surface area contributed by atoms with Crippen LogP contribution in [0.15, 0.2) is 97.1 Å². The highest BCUT2D eigenvalue weighted by Crippen LogP contribution is 2.41. The Morgan fingerprint density at radius 3 is 0.764 bits per heavy atom. The van der Waals surface area contributed by atoms with Gasteiger partial charge in [-0.1, -0.05) is 48.5 Å². The Kier molecular flexibility index (Phi) is 16.6. The zero-order valence-corrected chi connectivity index (χ0v) is 36.8. The van der Waals surface area contributed by atoms with Crippen LogP contribution in [0, 0.1) is 0 Å². The quantitative estimate of drug-likeness (QED) is 0.0636. The number of ketones is 1. The van der Waals surface area contributed by atoms with Crippen molar-refractivity contribution in [2.24, 2.45) is 0 Å². The lowest BCUT2D eigenvalue weighted by Gasteiger charge is -2.46. The fourth-order valence-corrected chi connectivity index (χ4v) is 8.01. The zero-order chi connectivity index (χ0) is 55.2. The summed E-state index contributed by atoms with van der Waals surface area (Å²) in [6.07, 6.45) is -50.7. The van der Waals surface area contributed by atoms with Gasteiger partial charge in [-0.25, -0.2) is 0 Å². The molecule has 0 saturated carbocycles. The van der Waals surface area contributed by atoms with Gasteiger partial charge in [0.05, 0.1) is 63.6 Å². The molecule has 0 amide bonds. The summed E-state index contributed by atoms with van der Waals surface area (Å²) in [5, 5.41) is 0. The first-order valence-electron chi connectivity index (χ1n) is 19.6. The molecular formula is C44H29BF24O2S. The van der Waals surface area contributed by atoms with E-state index in [9.17, 15) is 110 Å². The van der Waals surface area contributed by atoms with Crippen LogP contribution in [0.3, 0.4) is 0 Å². The van der Waals surface area contributed by atoms with E-state index in [1.54, 1.807) is 0 Å². The number of carbonyl (C=O) groups is 1. The summed E-state index contributed by atoms with van der Waals surface area (Å²) in [5.74, 6) is 1.67. The Morgan fingerprint density at radius 2 is 0.597 bits per heavy atom. The van der Waals surface area contributed by atoms with E-state index in [1.807, 2.05) is 31.2 Å². The van der Waals surface area contributed by atoms with Gasteiger partial charge in [0.1, 0.15) is 11.9 Å². The van der Waals surface area contributed by atoms with Crippen LogP contribution in [0.4, 0.5) is 105 Å². The zero-order valence-electron chi connectivity index (χ0n) is 36.0. The summed E-state index contributed by atoms with van der Waals surface area (Å²) in [6.45, 7) is 2.60. The first kappa shape index (κ1) is 58.9. The minimum Gasteiger partial charge on any atom is -0.494 e. The summed E-state index contributed by atoms with van der Waals surface area (Å²) in [4.78, 5) is 11.7. The topological polar surface area (TPSA) is 26.3 Å². The largest absolute Gasteiger partial charge is 0.494 e. The van der Waals surface area contributed by atoms with Gasteiger partial charge in [0.25, 0.3) is 0 Å². The molecule has 0 aliphatic heterocycles. The van der Waals surface area contributed by atoms with E-state index < -0.39 is 195 Å². The Balaban J connectivity index is 0.000000639. The van der Waals surface area contributed by atoms with E-state index in [0.29, 0.717) is 12.4 Å². The molecule has 0 atom stereocenters. The van der Waals surface area contributed by atoms with Crippen LogP contribution in [0.1, 0.15) is 61.8 Å². The molecule has 394 valence electrons. The van der Waals surface area contributed by atoms with Crippen molar-refractivity contribution in [1.82, 2.24) is 0 Å². The minimum atomic E-state index is -6.13. The van der Waals surface area contributed by atoms with E-state index in [2.05, 4.69) is 12.5 Å². The summed E-state index contributed by atoms with van der Waals surface area (Å²) < 4.78 is 346. The number of halogens is 24. The summed E-state index contributed by atoms with van der Waals surface area (Å²) in [5.41, 5.74) is -29.4. The van der Waals surface area contributed by atoms with Gasteiger partial charge in [-0.3, -0.25) is 4.79 Å². The number of alkyl halides is 24. The van der Waals surface area contributed by atoms with Gasteiger partial charge in [-0.2, -0.15) is 127 Å². The van der Waals surface area contributed by atoms with E-state index >= 15 is 0 Å². The predicted molar refractivity (Wildman–Crippen MR) is 216 cm³/mol. The van der Waals surface area contributed by atoms with Crippen molar-refractivity contribution in [3.05, 3.63) is 147 Å². The average molecular weight is 1090 g/mol. The molecule has 2 nitrogen and oxygen atoms in total. The lowest BCUT2D eigenvalue weighted by atomic mass is 9.12. The number of carbonyl (C=O) groups excluding carboxylic acids is 1.